The molecule has 0 fully saturated rings. The number of nitrogens with zero attached hydrogens (tertiary/aromatic N) is 3. The molecule has 1 N–H and O–H groups in total. The molecule has 10 heteroatoms. The minimum Gasteiger partial charge on any atom is -0.490 e. The Morgan fingerprint density at radius 2 is 1.94 bits per heavy atom. The van der Waals surface area contributed by atoms with Crippen LogP contribution in [0.5, 0.6) is 11.5 Å². The molecule has 0 saturated heterocycles. The number of carbonyl (C=O) groups is 1. The topological polar surface area (TPSA) is 78.3 Å². The second-order valence-corrected chi connectivity index (χ2v) is 7.53. The van der Waals surface area contributed by atoms with Gasteiger partial charge >= 0.3 is 0 Å². The van der Waals surface area contributed by atoms with Gasteiger partial charge in [0.25, 0.3) is 0 Å². The Balaban J connectivity index is 1.58. The Kier molecular flexibility index (Phi) is 7.45. The van der Waals surface area contributed by atoms with Crippen LogP contribution >= 0.6 is 11.8 Å². The molecule has 164 valence electrons. The van der Waals surface area contributed by atoms with Crippen LogP contribution in [-0.4, -0.2) is 33.0 Å². The third-order valence-electron chi connectivity index (χ3n) is 4.22. The van der Waals surface area contributed by atoms with Gasteiger partial charge in [0.1, 0.15) is 18.2 Å². The van der Waals surface area contributed by atoms with E-state index in [0.29, 0.717) is 29.1 Å². The van der Waals surface area contributed by atoms with Crippen molar-refractivity contribution < 1.29 is 23.0 Å². The molecule has 0 saturated carbocycles. The van der Waals surface area contributed by atoms with Crippen LogP contribution in [0.1, 0.15) is 18.3 Å². The SMILES string of the molecule is CCOc1cc(C)ccc1OCc1nnc(SCC(=O)Nc2cc(F)ccc2F)n1C. The lowest BCUT2D eigenvalue weighted by molar-refractivity contribution is -0.113. The molecule has 0 aliphatic rings. The number of carbonyl (C=O) groups excluding carboxylic acids is 1. The number of hydrogen-bond acceptors (Lipinski definition) is 6. The van der Waals surface area contributed by atoms with Gasteiger partial charge in [-0.15, -0.1) is 10.2 Å². The summed E-state index contributed by atoms with van der Waals surface area (Å²) in [4.78, 5) is 12.1. The van der Waals surface area contributed by atoms with Crippen LogP contribution < -0.4 is 14.8 Å². The van der Waals surface area contributed by atoms with Gasteiger partial charge in [0.05, 0.1) is 18.0 Å². The summed E-state index contributed by atoms with van der Waals surface area (Å²) in [6.07, 6.45) is 0. The maximum absolute atomic E-state index is 13.6. The maximum Gasteiger partial charge on any atom is 0.234 e. The summed E-state index contributed by atoms with van der Waals surface area (Å²) in [5.74, 6) is -0.0706. The number of anilines is 1. The zero-order valence-corrected chi connectivity index (χ0v) is 18.1. The third kappa shape index (κ3) is 5.94. The second-order valence-electron chi connectivity index (χ2n) is 6.59. The van der Waals surface area contributed by atoms with E-state index in [-0.39, 0.29) is 18.0 Å². The van der Waals surface area contributed by atoms with Crippen LogP contribution in [-0.2, 0) is 18.4 Å². The molecule has 3 rings (SSSR count). The van der Waals surface area contributed by atoms with Crippen LogP contribution in [0.4, 0.5) is 14.5 Å². The summed E-state index contributed by atoms with van der Waals surface area (Å²) in [6.45, 7) is 4.55. The summed E-state index contributed by atoms with van der Waals surface area (Å²) in [5, 5.41) is 11.0. The van der Waals surface area contributed by atoms with Crippen molar-refractivity contribution in [1.29, 1.82) is 0 Å². The van der Waals surface area contributed by atoms with Crippen LogP contribution in [0.2, 0.25) is 0 Å². The standard InChI is InChI=1S/C21H22F2N4O3S/c1-4-29-18-9-13(2)5-8-17(18)30-11-19-25-26-21(27(19)3)31-12-20(28)24-16-10-14(22)6-7-15(16)23/h5-10H,4,11-12H2,1-3H3,(H,24,28). The summed E-state index contributed by atoms with van der Waals surface area (Å²) >= 11 is 1.12. The van der Waals surface area contributed by atoms with Crippen molar-refractivity contribution in [2.24, 2.45) is 7.05 Å². The number of aromatic nitrogens is 3. The van der Waals surface area contributed by atoms with Gasteiger partial charge in [-0.3, -0.25) is 4.79 Å². The van der Waals surface area contributed by atoms with Crippen molar-refractivity contribution in [3.05, 3.63) is 59.4 Å². The number of rotatable bonds is 9. The van der Waals surface area contributed by atoms with Gasteiger partial charge < -0.3 is 19.4 Å². The van der Waals surface area contributed by atoms with Crippen molar-refractivity contribution >= 4 is 23.4 Å². The van der Waals surface area contributed by atoms with E-state index in [9.17, 15) is 13.6 Å². The summed E-state index contributed by atoms with van der Waals surface area (Å²) in [6, 6.07) is 8.53. The smallest absolute Gasteiger partial charge is 0.234 e. The lowest BCUT2D eigenvalue weighted by Crippen LogP contribution is -2.15. The Hall–Kier alpha value is -3.14. The molecule has 31 heavy (non-hydrogen) atoms. The molecular formula is C21H22F2N4O3S. The van der Waals surface area contributed by atoms with E-state index < -0.39 is 17.5 Å². The first-order chi connectivity index (χ1) is 14.9. The summed E-state index contributed by atoms with van der Waals surface area (Å²) in [5.41, 5.74) is 0.852. The molecule has 0 atom stereocenters. The molecule has 1 amide bonds. The molecule has 2 aromatic carbocycles. The predicted molar refractivity (Wildman–Crippen MR) is 113 cm³/mol. The fraction of sp³-hybridized carbons (Fsp3) is 0.286. The molecule has 0 bridgehead atoms. The van der Waals surface area contributed by atoms with Gasteiger partial charge in [-0.05, 0) is 43.7 Å². The molecule has 7 nitrogen and oxygen atoms in total. The van der Waals surface area contributed by atoms with Crippen molar-refractivity contribution in [2.45, 2.75) is 25.6 Å². The van der Waals surface area contributed by atoms with E-state index in [2.05, 4.69) is 15.5 Å². The average Bonchev–Trinajstić information content (AvgIpc) is 3.08. The van der Waals surface area contributed by atoms with Gasteiger partial charge in [-0.1, -0.05) is 17.8 Å². The minimum absolute atomic E-state index is 0.0464. The summed E-state index contributed by atoms with van der Waals surface area (Å²) in [7, 11) is 1.75. The highest BCUT2D eigenvalue weighted by atomic mass is 32.2. The zero-order valence-electron chi connectivity index (χ0n) is 17.3. The average molecular weight is 448 g/mol. The van der Waals surface area contributed by atoms with E-state index in [4.69, 9.17) is 9.47 Å². The zero-order chi connectivity index (χ0) is 22.4. The number of thioether (sulfide) groups is 1. The highest BCUT2D eigenvalue weighted by molar-refractivity contribution is 7.99. The number of aryl methyl sites for hydroxylation is 1. The summed E-state index contributed by atoms with van der Waals surface area (Å²) < 4.78 is 40.0. The number of amides is 1. The number of benzene rings is 2. The maximum atomic E-state index is 13.6. The van der Waals surface area contributed by atoms with Gasteiger partial charge in [0, 0.05) is 13.1 Å². The second kappa shape index (κ2) is 10.3. The lowest BCUT2D eigenvalue weighted by atomic mass is 10.2. The number of hydrogen-bond donors (Lipinski definition) is 1. The van der Waals surface area contributed by atoms with Crippen LogP contribution in [0.3, 0.4) is 0 Å². The van der Waals surface area contributed by atoms with Gasteiger partial charge in [-0.2, -0.15) is 0 Å². The van der Waals surface area contributed by atoms with Gasteiger partial charge in [0.15, 0.2) is 22.5 Å². The van der Waals surface area contributed by atoms with Crippen molar-refractivity contribution in [1.82, 2.24) is 14.8 Å². The highest BCUT2D eigenvalue weighted by Crippen LogP contribution is 2.29. The van der Waals surface area contributed by atoms with E-state index >= 15 is 0 Å². The number of halogens is 2. The largest absolute Gasteiger partial charge is 0.490 e. The number of nitrogens with one attached hydrogen (secondary N) is 1. The fourth-order valence-electron chi connectivity index (χ4n) is 2.65. The van der Waals surface area contributed by atoms with Crippen LogP contribution in [0.25, 0.3) is 0 Å². The normalized spacial score (nSPS) is 10.7. The molecule has 0 spiro atoms. The first-order valence-corrected chi connectivity index (χ1v) is 10.5. The van der Waals surface area contributed by atoms with E-state index in [1.165, 1.54) is 0 Å². The minimum atomic E-state index is -0.708. The molecule has 0 aliphatic carbocycles. The predicted octanol–water partition coefficient (Wildman–Crippen LogP) is 4.11. The van der Waals surface area contributed by atoms with Crippen molar-refractivity contribution in [2.75, 3.05) is 17.7 Å². The first kappa shape index (κ1) is 22.5. The Morgan fingerprint density at radius 1 is 1.13 bits per heavy atom. The molecule has 1 heterocycles. The molecule has 3 aromatic rings. The fourth-order valence-corrected chi connectivity index (χ4v) is 3.38. The van der Waals surface area contributed by atoms with E-state index in [1.54, 1.807) is 11.6 Å². The molecular weight excluding hydrogens is 426 g/mol. The molecule has 0 aliphatic heterocycles. The quantitative estimate of drug-likeness (QED) is 0.497. The Morgan fingerprint density at radius 3 is 2.71 bits per heavy atom. The van der Waals surface area contributed by atoms with Crippen LogP contribution in [0.15, 0.2) is 41.6 Å². The Bertz CT molecular complexity index is 1070. The van der Waals surface area contributed by atoms with Crippen LogP contribution in [0, 0.1) is 18.6 Å². The highest BCUT2D eigenvalue weighted by Gasteiger charge is 2.14. The van der Waals surface area contributed by atoms with E-state index in [1.807, 2.05) is 32.0 Å². The third-order valence-corrected chi connectivity index (χ3v) is 5.24. The number of ether oxygens (including phenoxy) is 2. The molecule has 0 radical (unpaired) electrons. The first-order valence-electron chi connectivity index (χ1n) is 9.49. The van der Waals surface area contributed by atoms with Gasteiger partial charge in [-0.25, -0.2) is 8.78 Å². The molecule has 0 unspecified atom stereocenters. The molecule has 1 aromatic heterocycles. The van der Waals surface area contributed by atoms with Gasteiger partial charge in [0.2, 0.25) is 5.91 Å². The lowest BCUT2D eigenvalue weighted by Gasteiger charge is -2.12. The van der Waals surface area contributed by atoms with E-state index in [0.717, 1.165) is 35.5 Å². The monoisotopic (exact) mass is 448 g/mol. The Labute approximate surface area is 182 Å². The van der Waals surface area contributed by atoms with Crippen molar-refractivity contribution in [3.63, 3.8) is 0 Å². The van der Waals surface area contributed by atoms with Crippen molar-refractivity contribution in [3.8, 4) is 11.5 Å².